The Morgan fingerprint density at radius 2 is 2.11 bits per heavy atom. The van der Waals surface area contributed by atoms with E-state index in [1.54, 1.807) is 6.92 Å². The van der Waals surface area contributed by atoms with Crippen LogP contribution in [-0.2, 0) is 4.79 Å². The summed E-state index contributed by atoms with van der Waals surface area (Å²) in [6, 6.07) is 5.74. The number of hydrogen-bond donors (Lipinski definition) is 2. The minimum absolute atomic E-state index is 0.0982. The van der Waals surface area contributed by atoms with Gasteiger partial charge in [-0.2, -0.15) is 0 Å². The molecule has 0 aliphatic heterocycles. The van der Waals surface area contributed by atoms with Crippen LogP contribution in [0, 0.1) is 6.92 Å². The molecular weight excluding hydrogens is 240 g/mol. The summed E-state index contributed by atoms with van der Waals surface area (Å²) in [6.07, 6.45) is 0.388. The summed E-state index contributed by atoms with van der Waals surface area (Å²) in [5, 5.41) is 2.82. The molecule has 1 rings (SSSR count). The maximum Gasteiger partial charge on any atom is 0.260 e. The zero-order chi connectivity index (χ0) is 14.4. The molecule has 1 unspecified atom stereocenters. The third-order valence-electron chi connectivity index (χ3n) is 2.88. The molecule has 1 aromatic rings. The Morgan fingerprint density at radius 3 is 2.68 bits per heavy atom. The molecule has 1 amide bonds. The Morgan fingerprint density at radius 1 is 1.42 bits per heavy atom. The topological polar surface area (TPSA) is 64.3 Å². The van der Waals surface area contributed by atoms with Crippen molar-refractivity contribution in [2.24, 2.45) is 5.73 Å². The maximum atomic E-state index is 11.8. The average molecular weight is 264 g/mol. The first kappa shape index (κ1) is 15.5. The molecule has 3 N–H and O–H groups in total. The molecule has 106 valence electrons. The molecule has 4 heteroatoms. The quantitative estimate of drug-likeness (QED) is 0.828. The minimum Gasteiger partial charge on any atom is -0.481 e. The molecule has 0 bridgehead atoms. The van der Waals surface area contributed by atoms with Crippen LogP contribution in [0.5, 0.6) is 5.75 Å². The van der Waals surface area contributed by atoms with Gasteiger partial charge in [0.25, 0.3) is 5.91 Å². The first-order chi connectivity index (χ1) is 8.95. The molecule has 1 aromatic carbocycles. The van der Waals surface area contributed by atoms with Gasteiger partial charge in [0.2, 0.25) is 0 Å². The van der Waals surface area contributed by atoms with Crippen LogP contribution in [0.4, 0.5) is 0 Å². The van der Waals surface area contributed by atoms with Crippen molar-refractivity contribution >= 4 is 5.91 Å². The molecule has 0 fully saturated rings. The second-order valence-electron chi connectivity index (χ2n) is 4.88. The summed E-state index contributed by atoms with van der Waals surface area (Å²) < 4.78 is 5.75. The van der Waals surface area contributed by atoms with Gasteiger partial charge in [0.1, 0.15) is 5.75 Å². The van der Waals surface area contributed by atoms with Crippen molar-refractivity contribution in [3.05, 3.63) is 29.3 Å². The minimum atomic E-state index is -0.522. The SMILES string of the molecule is CCCNC(=O)C(C)Oc1cc(C)ccc1[C@@H](C)N. The monoisotopic (exact) mass is 264 g/mol. The standard InChI is InChI=1S/C15H24N2O2/c1-5-8-17-15(18)12(4)19-14-9-10(2)6-7-13(14)11(3)16/h6-7,9,11-12H,5,8,16H2,1-4H3,(H,17,18)/t11-,12?/m1/s1. The van der Waals surface area contributed by atoms with Crippen molar-refractivity contribution in [1.82, 2.24) is 5.32 Å². The van der Waals surface area contributed by atoms with Gasteiger partial charge in [-0.3, -0.25) is 4.79 Å². The third kappa shape index (κ3) is 4.56. The Labute approximate surface area is 115 Å². The molecule has 0 radical (unpaired) electrons. The number of hydrogen-bond acceptors (Lipinski definition) is 3. The predicted molar refractivity (Wildman–Crippen MR) is 77.2 cm³/mol. The summed E-state index contributed by atoms with van der Waals surface area (Å²) in [6.45, 7) is 8.32. The van der Waals surface area contributed by atoms with E-state index in [0.29, 0.717) is 12.3 Å². The molecule has 0 aromatic heterocycles. The predicted octanol–water partition coefficient (Wildman–Crippen LogP) is 2.31. The summed E-state index contributed by atoms with van der Waals surface area (Å²) >= 11 is 0. The fourth-order valence-electron chi connectivity index (χ4n) is 1.76. The van der Waals surface area contributed by atoms with Crippen LogP contribution in [0.25, 0.3) is 0 Å². The molecule has 0 aliphatic rings. The number of carbonyl (C=O) groups is 1. The highest BCUT2D eigenvalue weighted by Gasteiger charge is 2.17. The molecule has 0 saturated heterocycles. The lowest BCUT2D eigenvalue weighted by Crippen LogP contribution is -2.36. The molecule has 4 nitrogen and oxygen atoms in total. The van der Waals surface area contributed by atoms with Crippen molar-refractivity contribution in [2.75, 3.05) is 6.54 Å². The van der Waals surface area contributed by atoms with E-state index in [0.717, 1.165) is 17.5 Å². The van der Waals surface area contributed by atoms with E-state index >= 15 is 0 Å². The molecule has 19 heavy (non-hydrogen) atoms. The Balaban J connectivity index is 2.80. The van der Waals surface area contributed by atoms with Gasteiger partial charge in [-0.25, -0.2) is 0 Å². The first-order valence-corrected chi connectivity index (χ1v) is 6.76. The van der Waals surface area contributed by atoms with Crippen molar-refractivity contribution in [3.63, 3.8) is 0 Å². The first-order valence-electron chi connectivity index (χ1n) is 6.76. The highest BCUT2D eigenvalue weighted by Crippen LogP contribution is 2.26. The number of nitrogens with one attached hydrogen (secondary N) is 1. The fraction of sp³-hybridized carbons (Fsp3) is 0.533. The van der Waals surface area contributed by atoms with Gasteiger partial charge in [0.15, 0.2) is 6.10 Å². The van der Waals surface area contributed by atoms with Crippen LogP contribution < -0.4 is 15.8 Å². The van der Waals surface area contributed by atoms with Gasteiger partial charge in [0.05, 0.1) is 0 Å². The zero-order valence-corrected chi connectivity index (χ0v) is 12.2. The number of aryl methyl sites for hydroxylation is 1. The van der Waals surface area contributed by atoms with Crippen LogP contribution in [0.1, 0.15) is 44.4 Å². The van der Waals surface area contributed by atoms with E-state index in [-0.39, 0.29) is 11.9 Å². The van der Waals surface area contributed by atoms with Crippen LogP contribution >= 0.6 is 0 Å². The Bertz CT molecular complexity index is 430. The second kappa shape index (κ2) is 7.14. The second-order valence-corrected chi connectivity index (χ2v) is 4.88. The van der Waals surface area contributed by atoms with Gasteiger partial charge >= 0.3 is 0 Å². The zero-order valence-electron chi connectivity index (χ0n) is 12.2. The molecule has 0 heterocycles. The molecule has 0 saturated carbocycles. The summed E-state index contributed by atoms with van der Waals surface area (Å²) in [5.74, 6) is 0.591. The Kier molecular flexibility index (Phi) is 5.83. The van der Waals surface area contributed by atoms with Gasteiger partial charge in [0, 0.05) is 18.2 Å². The van der Waals surface area contributed by atoms with E-state index < -0.39 is 6.10 Å². The molecule has 2 atom stereocenters. The van der Waals surface area contributed by atoms with Gasteiger partial charge in [-0.15, -0.1) is 0 Å². The van der Waals surface area contributed by atoms with E-state index in [2.05, 4.69) is 5.32 Å². The number of benzene rings is 1. The number of nitrogens with two attached hydrogens (primary N) is 1. The van der Waals surface area contributed by atoms with Crippen LogP contribution in [0.15, 0.2) is 18.2 Å². The number of ether oxygens (including phenoxy) is 1. The average Bonchev–Trinajstić information content (AvgIpc) is 2.35. The molecule has 0 aliphatic carbocycles. The lowest BCUT2D eigenvalue weighted by atomic mass is 10.1. The van der Waals surface area contributed by atoms with Crippen LogP contribution in [0.3, 0.4) is 0 Å². The van der Waals surface area contributed by atoms with Gasteiger partial charge < -0.3 is 15.8 Å². The van der Waals surface area contributed by atoms with E-state index in [1.807, 2.05) is 39.0 Å². The Hall–Kier alpha value is -1.55. The van der Waals surface area contributed by atoms with E-state index in [1.165, 1.54) is 0 Å². The van der Waals surface area contributed by atoms with Crippen LogP contribution in [-0.4, -0.2) is 18.6 Å². The van der Waals surface area contributed by atoms with E-state index in [9.17, 15) is 4.79 Å². The van der Waals surface area contributed by atoms with Crippen molar-refractivity contribution < 1.29 is 9.53 Å². The van der Waals surface area contributed by atoms with Gasteiger partial charge in [-0.05, 0) is 38.8 Å². The number of rotatable bonds is 6. The highest BCUT2D eigenvalue weighted by atomic mass is 16.5. The third-order valence-corrected chi connectivity index (χ3v) is 2.88. The normalized spacial score (nSPS) is 13.7. The van der Waals surface area contributed by atoms with E-state index in [4.69, 9.17) is 10.5 Å². The fourth-order valence-corrected chi connectivity index (χ4v) is 1.76. The summed E-state index contributed by atoms with van der Waals surface area (Å²) in [7, 11) is 0. The van der Waals surface area contributed by atoms with Crippen molar-refractivity contribution in [3.8, 4) is 5.75 Å². The maximum absolute atomic E-state index is 11.8. The summed E-state index contributed by atoms with van der Waals surface area (Å²) in [4.78, 5) is 11.8. The number of carbonyl (C=O) groups excluding carboxylic acids is 1. The summed E-state index contributed by atoms with van der Waals surface area (Å²) in [5.41, 5.74) is 7.92. The number of amides is 1. The molecular formula is C15H24N2O2. The smallest absolute Gasteiger partial charge is 0.260 e. The van der Waals surface area contributed by atoms with Gasteiger partial charge in [-0.1, -0.05) is 19.1 Å². The largest absolute Gasteiger partial charge is 0.481 e. The molecule has 0 spiro atoms. The lowest BCUT2D eigenvalue weighted by molar-refractivity contribution is -0.127. The van der Waals surface area contributed by atoms with Crippen molar-refractivity contribution in [1.29, 1.82) is 0 Å². The highest BCUT2D eigenvalue weighted by molar-refractivity contribution is 5.80. The van der Waals surface area contributed by atoms with Crippen LogP contribution in [0.2, 0.25) is 0 Å². The van der Waals surface area contributed by atoms with Crippen molar-refractivity contribution in [2.45, 2.75) is 46.3 Å². The lowest BCUT2D eigenvalue weighted by Gasteiger charge is -2.19.